The van der Waals surface area contributed by atoms with Gasteiger partial charge in [-0.05, 0) is 59.5 Å². The number of nitrogens with one attached hydrogen (secondary N) is 2. The first kappa shape index (κ1) is 24.4. The standard InChI is InChI=1S/C22H40N6.HI/c1-5-23-21(24-16-20-18(2)26-27(4)19(20)3)25-17-22(12-8-6-9-13-22)28-14-10-7-11-15-28;/h5-17H2,1-4H3,(H2,23,24,25);1H. The molecule has 1 aromatic heterocycles. The highest BCUT2D eigenvalue weighted by molar-refractivity contribution is 14.0. The van der Waals surface area contributed by atoms with Crippen molar-refractivity contribution in [3.8, 4) is 0 Å². The van der Waals surface area contributed by atoms with Crippen molar-refractivity contribution < 1.29 is 0 Å². The Kier molecular flexibility index (Phi) is 9.72. The molecule has 1 saturated heterocycles. The van der Waals surface area contributed by atoms with Crippen LogP contribution in [0, 0.1) is 13.8 Å². The van der Waals surface area contributed by atoms with E-state index in [1.54, 1.807) is 0 Å². The molecule has 0 bridgehead atoms. The summed E-state index contributed by atoms with van der Waals surface area (Å²) >= 11 is 0. The predicted octanol–water partition coefficient (Wildman–Crippen LogP) is 3.90. The third-order valence-electron chi connectivity index (χ3n) is 6.79. The van der Waals surface area contributed by atoms with Gasteiger partial charge >= 0.3 is 0 Å². The second-order valence-corrected chi connectivity index (χ2v) is 8.65. The Balaban J connectivity index is 0.00000300. The van der Waals surface area contributed by atoms with Crippen molar-refractivity contribution in [2.75, 3.05) is 26.2 Å². The average molecular weight is 517 g/mol. The quantitative estimate of drug-likeness (QED) is 0.342. The number of aromatic nitrogens is 2. The Morgan fingerprint density at radius 2 is 1.69 bits per heavy atom. The molecule has 0 unspecified atom stereocenters. The molecule has 29 heavy (non-hydrogen) atoms. The van der Waals surface area contributed by atoms with Gasteiger partial charge in [-0.2, -0.15) is 5.10 Å². The molecule has 3 rings (SSSR count). The summed E-state index contributed by atoms with van der Waals surface area (Å²) < 4.78 is 1.95. The van der Waals surface area contributed by atoms with Crippen LogP contribution in [0.3, 0.4) is 0 Å². The lowest BCUT2D eigenvalue weighted by molar-refractivity contribution is 0.0368. The Bertz CT molecular complexity index is 657. The summed E-state index contributed by atoms with van der Waals surface area (Å²) in [5, 5.41) is 11.7. The second kappa shape index (κ2) is 11.5. The van der Waals surface area contributed by atoms with Gasteiger partial charge in [-0.3, -0.25) is 9.58 Å². The molecule has 1 aromatic rings. The van der Waals surface area contributed by atoms with E-state index in [1.807, 2.05) is 11.7 Å². The van der Waals surface area contributed by atoms with Crippen molar-refractivity contribution in [2.45, 2.75) is 84.2 Å². The lowest BCUT2D eigenvalue weighted by atomic mass is 9.79. The lowest BCUT2D eigenvalue weighted by Gasteiger charge is -2.48. The lowest BCUT2D eigenvalue weighted by Crippen LogP contribution is -2.59. The van der Waals surface area contributed by atoms with Crippen LogP contribution in [-0.4, -0.2) is 52.4 Å². The van der Waals surface area contributed by atoms with E-state index < -0.39 is 0 Å². The molecule has 2 heterocycles. The molecular formula is C22H41IN6. The first-order valence-electron chi connectivity index (χ1n) is 11.3. The van der Waals surface area contributed by atoms with Gasteiger partial charge in [-0.1, -0.05) is 25.7 Å². The van der Waals surface area contributed by atoms with E-state index in [0.717, 1.165) is 24.7 Å². The van der Waals surface area contributed by atoms with Crippen molar-refractivity contribution in [1.29, 1.82) is 0 Å². The van der Waals surface area contributed by atoms with Crippen LogP contribution in [0.2, 0.25) is 0 Å². The summed E-state index contributed by atoms with van der Waals surface area (Å²) in [5.41, 5.74) is 3.84. The molecule has 1 aliphatic carbocycles. The molecule has 0 spiro atoms. The minimum Gasteiger partial charge on any atom is -0.357 e. The van der Waals surface area contributed by atoms with Crippen molar-refractivity contribution in [3.63, 3.8) is 0 Å². The molecule has 7 heteroatoms. The van der Waals surface area contributed by atoms with Crippen LogP contribution in [0.15, 0.2) is 4.99 Å². The van der Waals surface area contributed by atoms with E-state index in [9.17, 15) is 0 Å². The van der Waals surface area contributed by atoms with E-state index in [1.165, 1.54) is 75.7 Å². The van der Waals surface area contributed by atoms with Crippen molar-refractivity contribution in [1.82, 2.24) is 25.3 Å². The Morgan fingerprint density at radius 3 is 2.28 bits per heavy atom. The van der Waals surface area contributed by atoms with Gasteiger partial charge in [0, 0.05) is 36.9 Å². The van der Waals surface area contributed by atoms with Crippen molar-refractivity contribution in [2.24, 2.45) is 12.0 Å². The summed E-state index contributed by atoms with van der Waals surface area (Å²) in [6.45, 7) is 11.4. The molecule has 2 aliphatic rings. The first-order chi connectivity index (χ1) is 13.6. The maximum absolute atomic E-state index is 4.90. The maximum atomic E-state index is 4.90. The number of guanidine groups is 1. The Labute approximate surface area is 194 Å². The van der Waals surface area contributed by atoms with Crippen LogP contribution in [0.4, 0.5) is 0 Å². The summed E-state index contributed by atoms with van der Waals surface area (Å²) in [4.78, 5) is 7.70. The molecule has 6 nitrogen and oxygen atoms in total. The molecule has 0 atom stereocenters. The summed E-state index contributed by atoms with van der Waals surface area (Å²) in [7, 11) is 2.00. The number of aliphatic imine (C=N–C) groups is 1. The van der Waals surface area contributed by atoms with Crippen molar-refractivity contribution >= 4 is 29.9 Å². The fraction of sp³-hybridized carbons (Fsp3) is 0.818. The Morgan fingerprint density at radius 1 is 1.03 bits per heavy atom. The third kappa shape index (κ3) is 6.09. The van der Waals surface area contributed by atoms with Gasteiger partial charge in [-0.25, -0.2) is 4.99 Å². The normalized spacial score (nSPS) is 20.2. The largest absolute Gasteiger partial charge is 0.357 e. The van der Waals surface area contributed by atoms with Gasteiger partial charge in [0.2, 0.25) is 0 Å². The topological polar surface area (TPSA) is 57.5 Å². The van der Waals surface area contributed by atoms with E-state index in [-0.39, 0.29) is 24.0 Å². The van der Waals surface area contributed by atoms with Crippen LogP contribution in [0.1, 0.15) is 75.2 Å². The van der Waals surface area contributed by atoms with Crippen molar-refractivity contribution in [3.05, 3.63) is 17.0 Å². The number of hydrogen-bond acceptors (Lipinski definition) is 3. The second-order valence-electron chi connectivity index (χ2n) is 8.65. The highest BCUT2D eigenvalue weighted by Crippen LogP contribution is 2.35. The summed E-state index contributed by atoms with van der Waals surface area (Å²) in [6.07, 6.45) is 10.9. The summed E-state index contributed by atoms with van der Waals surface area (Å²) in [6, 6.07) is 0. The smallest absolute Gasteiger partial charge is 0.191 e. The molecule has 2 fully saturated rings. The fourth-order valence-corrected chi connectivity index (χ4v) is 4.98. The van der Waals surface area contributed by atoms with Gasteiger partial charge in [-0.15, -0.1) is 24.0 Å². The first-order valence-corrected chi connectivity index (χ1v) is 11.3. The van der Waals surface area contributed by atoms with Crippen LogP contribution < -0.4 is 10.6 Å². The van der Waals surface area contributed by atoms with Gasteiger partial charge in [0.25, 0.3) is 0 Å². The molecule has 0 radical (unpaired) electrons. The minimum atomic E-state index is 0. The number of nitrogens with zero attached hydrogens (tertiary/aromatic N) is 4. The highest BCUT2D eigenvalue weighted by atomic mass is 127. The number of rotatable bonds is 6. The maximum Gasteiger partial charge on any atom is 0.191 e. The number of aryl methyl sites for hydroxylation is 2. The zero-order valence-corrected chi connectivity index (χ0v) is 21.2. The van der Waals surface area contributed by atoms with Gasteiger partial charge in [0.1, 0.15) is 0 Å². The molecule has 1 aliphatic heterocycles. The zero-order chi connectivity index (χ0) is 20.0. The molecular weight excluding hydrogens is 475 g/mol. The minimum absolute atomic E-state index is 0. The van der Waals surface area contributed by atoms with Crippen LogP contribution in [-0.2, 0) is 13.6 Å². The number of hydrogen-bond donors (Lipinski definition) is 2. The summed E-state index contributed by atoms with van der Waals surface area (Å²) in [5.74, 6) is 0.937. The zero-order valence-electron chi connectivity index (χ0n) is 18.9. The van der Waals surface area contributed by atoms with Gasteiger partial charge < -0.3 is 10.6 Å². The Hall–Kier alpha value is -0.830. The van der Waals surface area contributed by atoms with Crippen LogP contribution in [0.25, 0.3) is 0 Å². The van der Waals surface area contributed by atoms with Gasteiger partial charge in [0.15, 0.2) is 5.96 Å². The van der Waals surface area contributed by atoms with Crippen LogP contribution >= 0.6 is 24.0 Å². The number of likely N-dealkylation sites (tertiary alicyclic amines) is 1. The predicted molar refractivity (Wildman–Crippen MR) is 132 cm³/mol. The van der Waals surface area contributed by atoms with Gasteiger partial charge in [0.05, 0.1) is 12.2 Å². The van der Waals surface area contributed by atoms with E-state index in [0.29, 0.717) is 12.1 Å². The highest BCUT2D eigenvalue weighted by Gasteiger charge is 2.38. The molecule has 1 saturated carbocycles. The number of halogens is 1. The van der Waals surface area contributed by atoms with Crippen LogP contribution in [0.5, 0.6) is 0 Å². The fourth-order valence-electron chi connectivity index (χ4n) is 4.98. The molecule has 0 amide bonds. The monoisotopic (exact) mass is 516 g/mol. The average Bonchev–Trinajstić information content (AvgIpc) is 2.97. The van der Waals surface area contributed by atoms with E-state index in [2.05, 4.69) is 41.4 Å². The van der Waals surface area contributed by atoms with E-state index >= 15 is 0 Å². The molecule has 2 N–H and O–H groups in total. The molecule has 0 aromatic carbocycles. The SMILES string of the molecule is CCNC(=NCc1c(C)nn(C)c1C)NCC1(N2CCCCC2)CCCCC1.I. The number of piperidine rings is 1. The third-order valence-corrected chi connectivity index (χ3v) is 6.79. The molecule has 166 valence electrons. The van der Waals surface area contributed by atoms with E-state index in [4.69, 9.17) is 4.99 Å².